The fraction of sp³-hybridized carbons (Fsp3) is 0.400. The van der Waals surface area contributed by atoms with Gasteiger partial charge in [0.2, 0.25) is 5.88 Å². The molecular weight excluding hydrogens is 493 g/mol. The molecule has 7 nitrogen and oxygen atoms in total. The number of benzene rings is 2. The van der Waals surface area contributed by atoms with Gasteiger partial charge in [0.25, 0.3) is 10.2 Å². The van der Waals surface area contributed by atoms with E-state index in [4.69, 9.17) is 4.74 Å². The molecule has 2 aromatic carbocycles. The van der Waals surface area contributed by atoms with E-state index in [2.05, 4.69) is 14.5 Å². The lowest BCUT2D eigenvalue weighted by molar-refractivity contribution is -0.137. The maximum Gasteiger partial charge on any atom is 0.416 e. The van der Waals surface area contributed by atoms with Crippen LogP contribution in [0.5, 0.6) is 11.6 Å². The van der Waals surface area contributed by atoms with Gasteiger partial charge in [-0.15, -0.1) is 5.10 Å². The van der Waals surface area contributed by atoms with Crippen LogP contribution in [0.15, 0.2) is 54.6 Å². The SMILES string of the molecule is CCn1nc(Oc2ccc(C(F)(F)F)cc2)cc1-c1cccc(C(C)(C)NS(=O)(=O)NCC(C)C)c1. The highest BCUT2D eigenvalue weighted by Gasteiger charge is 2.30. The van der Waals surface area contributed by atoms with Gasteiger partial charge in [-0.25, -0.2) is 4.72 Å². The lowest BCUT2D eigenvalue weighted by Crippen LogP contribution is -2.47. The Balaban J connectivity index is 1.85. The van der Waals surface area contributed by atoms with Crippen molar-refractivity contribution in [1.29, 1.82) is 0 Å². The largest absolute Gasteiger partial charge is 0.438 e. The smallest absolute Gasteiger partial charge is 0.416 e. The van der Waals surface area contributed by atoms with Crippen LogP contribution >= 0.6 is 0 Å². The van der Waals surface area contributed by atoms with Crippen LogP contribution in [0, 0.1) is 5.92 Å². The number of ether oxygens (including phenoxy) is 1. The van der Waals surface area contributed by atoms with Gasteiger partial charge in [0.15, 0.2) is 0 Å². The van der Waals surface area contributed by atoms with Crippen molar-refractivity contribution < 1.29 is 26.3 Å². The molecule has 0 unspecified atom stereocenters. The first kappa shape index (κ1) is 27.7. The molecule has 196 valence electrons. The van der Waals surface area contributed by atoms with Crippen LogP contribution in [0.1, 0.15) is 45.7 Å². The molecule has 3 rings (SSSR count). The van der Waals surface area contributed by atoms with Crippen molar-refractivity contribution >= 4 is 10.2 Å². The number of nitrogens with one attached hydrogen (secondary N) is 2. The summed E-state index contributed by atoms with van der Waals surface area (Å²) in [5.41, 5.74) is 0.576. The third-order valence-corrected chi connectivity index (χ3v) is 6.74. The average Bonchev–Trinajstić information content (AvgIpc) is 3.20. The quantitative estimate of drug-likeness (QED) is 0.357. The second-order valence-electron chi connectivity index (χ2n) is 9.36. The van der Waals surface area contributed by atoms with Crippen LogP contribution < -0.4 is 14.2 Å². The fourth-order valence-electron chi connectivity index (χ4n) is 3.52. The maximum absolute atomic E-state index is 12.8. The second-order valence-corrected chi connectivity index (χ2v) is 10.9. The van der Waals surface area contributed by atoms with Crippen molar-refractivity contribution in [2.45, 2.75) is 52.9 Å². The number of alkyl halides is 3. The van der Waals surface area contributed by atoms with E-state index in [9.17, 15) is 21.6 Å². The van der Waals surface area contributed by atoms with Crippen molar-refractivity contribution in [3.8, 4) is 22.9 Å². The Morgan fingerprint density at radius 3 is 2.28 bits per heavy atom. The van der Waals surface area contributed by atoms with Crippen molar-refractivity contribution in [3.63, 3.8) is 0 Å². The van der Waals surface area contributed by atoms with Crippen LogP contribution in [-0.2, 0) is 28.5 Å². The minimum Gasteiger partial charge on any atom is -0.438 e. The summed E-state index contributed by atoms with van der Waals surface area (Å²) in [5.74, 6) is 0.629. The highest BCUT2D eigenvalue weighted by molar-refractivity contribution is 7.87. The molecule has 1 heterocycles. The maximum atomic E-state index is 12.8. The van der Waals surface area contributed by atoms with Gasteiger partial charge in [0.05, 0.1) is 16.8 Å². The van der Waals surface area contributed by atoms with E-state index >= 15 is 0 Å². The van der Waals surface area contributed by atoms with Gasteiger partial charge in [-0.1, -0.05) is 32.0 Å². The first-order chi connectivity index (χ1) is 16.7. The van der Waals surface area contributed by atoms with Gasteiger partial charge in [-0.05, 0) is 62.6 Å². The number of aromatic nitrogens is 2. The fourth-order valence-corrected chi connectivity index (χ4v) is 4.94. The summed E-state index contributed by atoms with van der Waals surface area (Å²) in [4.78, 5) is 0. The zero-order valence-corrected chi connectivity index (χ0v) is 21.7. The van der Waals surface area contributed by atoms with Gasteiger partial charge >= 0.3 is 6.18 Å². The summed E-state index contributed by atoms with van der Waals surface area (Å²) >= 11 is 0. The summed E-state index contributed by atoms with van der Waals surface area (Å²) < 4.78 is 76.1. The monoisotopic (exact) mass is 524 g/mol. The summed E-state index contributed by atoms with van der Waals surface area (Å²) in [6.45, 7) is 10.1. The topological polar surface area (TPSA) is 85.2 Å². The van der Waals surface area contributed by atoms with E-state index < -0.39 is 27.5 Å². The second kappa shape index (κ2) is 10.6. The summed E-state index contributed by atoms with van der Waals surface area (Å²) in [6.07, 6.45) is -4.42. The lowest BCUT2D eigenvalue weighted by Gasteiger charge is -2.27. The van der Waals surface area contributed by atoms with Crippen molar-refractivity contribution in [2.75, 3.05) is 6.54 Å². The molecule has 0 aliphatic carbocycles. The molecule has 0 aliphatic rings. The predicted octanol–water partition coefficient (Wildman–Crippen LogP) is 5.70. The number of rotatable bonds is 10. The van der Waals surface area contributed by atoms with E-state index in [0.717, 1.165) is 29.0 Å². The van der Waals surface area contributed by atoms with Crippen molar-refractivity contribution in [2.24, 2.45) is 5.92 Å². The van der Waals surface area contributed by atoms with Gasteiger partial charge in [-0.3, -0.25) is 4.68 Å². The molecule has 0 fully saturated rings. The van der Waals surface area contributed by atoms with Gasteiger partial charge in [-0.2, -0.15) is 26.3 Å². The van der Waals surface area contributed by atoms with E-state index in [1.165, 1.54) is 12.1 Å². The highest BCUT2D eigenvalue weighted by atomic mass is 32.2. The molecule has 36 heavy (non-hydrogen) atoms. The Morgan fingerprint density at radius 2 is 1.69 bits per heavy atom. The predicted molar refractivity (Wildman–Crippen MR) is 133 cm³/mol. The summed E-state index contributed by atoms with van der Waals surface area (Å²) in [7, 11) is -3.72. The Labute approximate surface area is 209 Å². The molecule has 1 aromatic heterocycles. The first-order valence-electron chi connectivity index (χ1n) is 11.5. The van der Waals surface area contributed by atoms with E-state index in [-0.39, 0.29) is 17.5 Å². The number of nitrogens with zero attached hydrogens (tertiary/aromatic N) is 2. The standard InChI is InChI=1S/C25H31F3N4O3S/c1-6-32-22(15-23(30-32)35-21-12-10-19(11-13-21)25(26,27)28)18-8-7-9-20(14-18)24(4,5)31-36(33,34)29-16-17(2)3/h7-15,17,29,31H,6,16H2,1-5H3. The number of hydrogen-bond donors (Lipinski definition) is 2. The molecule has 0 spiro atoms. The normalized spacial score (nSPS) is 12.8. The molecule has 2 N–H and O–H groups in total. The highest BCUT2D eigenvalue weighted by Crippen LogP contribution is 2.33. The minimum absolute atomic E-state index is 0.168. The summed E-state index contributed by atoms with van der Waals surface area (Å²) in [6, 6.07) is 13.5. The third-order valence-electron chi connectivity index (χ3n) is 5.41. The van der Waals surface area contributed by atoms with Gasteiger partial charge < -0.3 is 4.74 Å². The van der Waals surface area contributed by atoms with Crippen LogP contribution in [0.3, 0.4) is 0 Å². The zero-order chi connectivity index (χ0) is 26.7. The van der Waals surface area contributed by atoms with Crippen LogP contribution in [0.2, 0.25) is 0 Å². The molecule has 0 saturated heterocycles. The van der Waals surface area contributed by atoms with Crippen LogP contribution in [0.4, 0.5) is 13.2 Å². The van der Waals surface area contributed by atoms with Gasteiger partial charge in [0, 0.05) is 24.7 Å². The molecule has 0 atom stereocenters. The number of hydrogen-bond acceptors (Lipinski definition) is 4. The van der Waals surface area contributed by atoms with Crippen LogP contribution in [-0.4, -0.2) is 24.7 Å². The number of halogens is 3. The average molecular weight is 525 g/mol. The molecule has 11 heteroatoms. The first-order valence-corrected chi connectivity index (χ1v) is 13.0. The zero-order valence-electron chi connectivity index (χ0n) is 20.8. The number of aryl methyl sites for hydroxylation is 1. The van der Waals surface area contributed by atoms with Gasteiger partial charge in [0.1, 0.15) is 5.75 Å². The van der Waals surface area contributed by atoms with Crippen molar-refractivity contribution in [3.05, 3.63) is 65.7 Å². The Hall–Kier alpha value is -2.89. The molecular formula is C25H31F3N4O3S. The molecule has 0 aliphatic heterocycles. The van der Waals surface area contributed by atoms with E-state index in [0.29, 0.717) is 13.1 Å². The Kier molecular flexibility index (Phi) is 8.17. The molecule has 0 amide bonds. The van der Waals surface area contributed by atoms with E-state index in [1.807, 2.05) is 45.0 Å². The molecule has 0 radical (unpaired) electrons. The van der Waals surface area contributed by atoms with Crippen molar-refractivity contribution in [1.82, 2.24) is 19.2 Å². The molecule has 0 saturated carbocycles. The molecule has 0 bridgehead atoms. The Morgan fingerprint density at radius 1 is 1.03 bits per heavy atom. The van der Waals surface area contributed by atoms with E-state index in [1.54, 1.807) is 24.6 Å². The Bertz CT molecular complexity index is 1280. The lowest BCUT2D eigenvalue weighted by atomic mass is 9.93. The third kappa shape index (κ3) is 7.08. The summed E-state index contributed by atoms with van der Waals surface area (Å²) in [5, 5.41) is 4.41. The molecule has 3 aromatic rings. The minimum atomic E-state index is -4.42. The van der Waals surface area contributed by atoms with Crippen LogP contribution in [0.25, 0.3) is 11.3 Å².